The van der Waals surface area contributed by atoms with Gasteiger partial charge in [0.1, 0.15) is 0 Å². The van der Waals surface area contributed by atoms with Crippen LogP contribution in [0.3, 0.4) is 0 Å². The van der Waals surface area contributed by atoms with Crippen LogP contribution >= 0.6 is 0 Å². The molecule has 4 aliphatic rings. The van der Waals surface area contributed by atoms with Crippen molar-refractivity contribution < 1.29 is 5.11 Å². The summed E-state index contributed by atoms with van der Waals surface area (Å²) < 4.78 is 0. The van der Waals surface area contributed by atoms with Gasteiger partial charge in [-0.05, 0) is 91.8 Å². The molecule has 4 rings (SSSR count). The second-order valence-corrected chi connectivity index (χ2v) is 10.3. The summed E-state index contributed by atoms with van der Waals surface area (Å²) in [4.78, 5) is 0. The molecule has 0 aromatic carbocycles. The lowest BCUT2D eigenvalue weighted by Gasteiger charge is -2.54. The molecule has 0 heterocycles. The zero-order chi connectivity index (χ0) is 15.1. The minimum absolute atomic E-state index is 0.291. The normalized spacial score (nSPS) is 52.3. The Morgan fingerprint density at radius 3 is 1.62 bits per heavy atom. The Balaban J connectivity index is 1.68. The fraction of sp³-hybridized carbons (Fsp3) is 1.00. The molecule has 0 radical (unpaired) electrons. The second-order valence-electron chi connectivity index (χ2n) is 10.3. The molecule has 0 atom stereocenters. The molecule has 0 amide bonds. The first-order valence-corrected chi connectivity index (χ1v) is 9.41. The topological polar surface area (TPSA) is 20.2 Å². The molecule has 4 aliphatic carbocycles. The maximum Gasteiger partial charge on any atom is 0.0653 e. The van der Waals surface area contributed by atoms with Crippen LogP contribution in [0.1, 0.15) is 91.9 Å². The molecule has 4 fully saturated rings. The number of hydrogen-bond donors (Lipinski definition) is 1. The summed E-state index contributed by atoms with van der Waals surface area (Å²) in [5, 5.41) is 10.7. The number of fused-ring (bicyclic) bond motifs is 4. The Morgan fingerprint density at radius 1 is 0.762 bits per heavy atom. The minimum atomic E-state index is -0.291. The SMILES string of the molecule is CC(C)C12CCC(C(C)(C)C34CCC(O)(CC3)C4)(CC1)C2. The van der Waals surface area contributed by atoms with Crippen LogP contribution in [-0.4, -0.2) is 10.7 Å². The molecule has 0 spiro atoms. The second kappa shape index (κ2) is 3.89. The molecule has 1 N–H and O–H groups in total. The van der Waals surface area contributed by atoms with Crippen LogP contribution in [0, 0.1) is 27.6 Å². The van der Waals surface area contributed by atoms with E-state index in [4.69, 9.17) is 0 Å². The van der Waals surface area contributed by atoms with Gasteiger partial charge in [0.05, 0.1) is 5.60 Å². The van der Waals surface area contributed by atoms with E-state index in [1.807, 2.05) is 0 Å². The molecule has 120 valence electrons. The summed E-state index contributed by atoms with van der Waals surface area (Å²) in [5.74, 6) is 0.847. The van der Waals surface area contributed by atoms with E-state index < -0.39 is 0 Å². The van der Waals surface area contributed by atoms with Crippen molar-refractivity contribution in [3.63, 3.8) is 0 Å². The minimum Gasteiger partial charge on any atom is -0.390 e. The third kappa shape index (κ3) is 1.57. The van der Waals surface area contributed by atoms with Gasteiger partial charge < -0.3 is 5.11 Å². The highest BCUT2D eigenvalue weighted by Gasteiger charge is 2.69. The first kappa shape index (κ1) is 14.5. The van der Waals surface area contributed by atoms with Crippen LogP contribution in [0.2, 0.25) is 0 Å². The predicted molar refractivity (Wildman–Crippen MR) is 87.0 cm³/mol. The molecule has 4 saturated carbocycles. The highest BCUT2D eigenvalue weighted by molar-refractivity contribution is 5.19. The van der Waals surface area contributed by atoms with E-state index in [0.717, 1.165) is 25.2 Å². The predicted octanol–water partition coefficient (Wildman–Crippen LogP) is 5.31. The highest BCUT2D eigenvalue weighted by Crippen LogP contribution is 2.77. The van der Waals surface area contributed by atoms with Crippen LogP contribution in [0.5, 0.6) is 0 Å². The molecule has 0 aliphatic heterocycles. The number of aliphatic hydroxyl groups is 1. The fourth-order valence-electron chi connectivity index (χ4n) is 7.47. The van der Waals surface area contributed by atoms with Crippen molar-refractivity contribution in [1.29, 1.82) is 0 Å². The van der Waals surface area contributed by atoms with Crippen LogP contribution in [0.4, 0.5) is 0 Å². The van der Waals surface area contributed by atoms with Gasteiger partial charge in [-0.2, -0.15) is 0 Å². The van der Waals surface area contributed by atoms with Gasteiger partial charge in [-0.1, -0.05) is 27.7 Å². The standard InChI is InChI=1S/C20H34O/c1-15(2)17-5-7-18(13-17,8-6-17)16(3,4)19-9-11-20(21,14-19)12-10-19/h15,21H,5-14H2,1-4H3. The Kier molecular flexibility index (Phi) is 2.69. The average Bonchev–Trinajstić information content (AvgIpc) is 3.15. The van der Waals surface area contributed by atoms with E-state index >= 15 is 0 Å². The van der Waals surface area contributed by atoms with Gasteiger partial charge in [-0.3, -0.25) is 0 Å². The van der Waals surface area contributed by atoms with E-state index in [9.17, 15) is 5.11 Å². The van der Waals surface area contributed by atoms with E-state index in [-0.39, 0.29) is 5.60 Å². The maximum atomic E-state index is 10.7. The molecule has 21 heavy (non-hydrogen) atoms. The first-order valence-electron chi connectivity index (χ1n) is 9.41. The van der Waals surface area contributed by atoms with Crippen molar-refractivity contribution in [2.45, 2.75) is 97.5 Å². The summed E-state index contributed by atoms with van der Waals surface area (Å²) in [6.07, 6.45) is 13.1. The largest absolute Gasteiger partial charge is 0.390 e. The summed E-state index contributed by atoms with van der Waals surface area (Å²) in [5.41, 5.74) is 1.79. The van der Waals surface area contributed by atoms with Gasteiger partial charge >= 0.3 is 0 Å². The number of rotatable bonds is 3. The van der Waals surface area contributed by atoms with Crippen molar-refractivity contribution >= 4 is 0 Å². The Hall–Kier alpha value is -0.0400. The number of hydrogen-bond acceptors (Lipinski definition) is 1. The van der Waals surface area contributed by atoms with Gasteiger partial charge in [0, 0.05) is 0 Å². The van der Waals surface area contributed by atoms with Crippen molar-refractivity contribution in [2.24, 2.45) is 27.6 Å². The zero-order valence-electron chi connectivity index (χ0n) is 14.6. The molecule has 0 aromatic heterocycles. The molecule has 1 nitrogen and oxygen atoms in total. The zero-order valence-corrected chi connectivity index (χ0v) is 14.6. The van der Waals surface area contributed by atoms with Gasteiger partial charge in [-0.15, -0.1) is 0 Å². The van der Waals surface area contributed by atoms with Crippen molar-refractivity contribution in [3.05, 3.63) is 0 Å². The van der Waals surface area contributed by atoms with Crippen molar-refractivity contribution in [1.82, 2.24) is 0 Å². The van der Waals surface area contributed by atoms with Gasteiger partial charge in [0.25, 0.3) is 0 Å². The molecule has 4 bridgehead atoms. The van der Waals surface area contributed by atoms with E-state index in [1.165, 1.54) is 44.9 Å². The molecular weight excluding hydrogens is 256 g/mol. The first-order chi connectivity index (χ1) is 9.69. The summed E-state index contributed by atoms with van der Waals surface area (Å²) in [6, 6.07) is 0. The van der Waals surface area contributed by atoms with Gasteiger partial charge in [-0.25, -0.2) is 0 Å². The molecule has 0 saturated heterocycles. The summed E-state index contributed by atoms with van der Waals surface area (Å²) in [6.45, 7) is 10.1. The van der Waals surface area contributed by atoms with Crippen molar-refractivity contribution in [2.75, 3.05) is 0 Å². The lowest BCUT2D eigenvalue weighted by atomic mass is 9.50. The molecular formula is C20H34O. The van der Waals surface area contributed by atoms with Crippen LogP contribution in [0.25, 0.3) is 0 Å². The monoisotopic (exact) mass is 290 g/mol. The third-order valence-electron chi connectivity index (χ3n) is 9.58. The molecule has 0 unspecified atom stereocenters. The average molecular weight is 290 g/mol. The van der Waals surface area contributed by atoms with E-state index in [2.05, 4.69) is 27.7 Å². The maximum absolute atomic E-state index is 10.7. The molecule has 1 heteroatoms. The van der Waals surface area contributed by atoms with Crippen molar-refractivity contribution in [3.8, 4) is 0 Å². The van der Waals surface area contributed by atoms with Crippen LogP contribution in [-0.2, 0) is 0 Å². The molecule has 0 aromatic rings. The Bertz CT molecular complexity index is 442. The van der Waals surface area contributed by atoms with E-state index in [0.29, 0.717) is 21.7 Å². The lowest BCUT2D eigenvalue weighted by molar-refractivity contribution is -0.0536. The smallest absolute Gasteiger partial charge is 0.0653 e. The lowest BCUT2D eigenvalue weighted by Crippen LogP contribution is -2.46. The Morgan fingerprint density at radius 2 is 1.24 bits per heavy atom. The van der Waals surface area contributed by atoms with Crippen LogP contribution in [0.15, 0.2) is 0 Å². The summed E-state index contributed by atoms with van der Waals surface area (Å²) >= 11 is 0. The van der Waals surface area contributed by atoms with E-state index in [1.54, 1.807) is 0 Å². The summed E-state index contributed by atoms with van der Waals surface area (Å²) in [7, 11) is 0. The third-order valence-corrected chi connectivity index (χ3v) is 9.58. The van der Waals surface area contributed by atoms with Gasteiger partial charge in [0.2, 0.25) is 0 Å². The Labute approximate surface area is 130 Å². The highest BCUT2D eigenvalue weighted by atomic mass is 16.3. The fourth-order valence-corrected chi connectivity index (χ4v) is 7.47. The van der Waals surface area contributed by atoms with Gasteiger partial charge in [0.15, 0.2) is 0 Å². The van der Waals surface area contributed by atoms with Crippen LogP contribution < -0.4 is 0 Å². The quantitative estimate of drug-likeness (QED) is 0.746.